The van der Waals surface area contributed by atoms with Gasteiger partial charge in [-0.25, -0.2) is 0 Å². The van der Waals surface area contributed by atoms with Gasteiger partial charge in [0.15, 0.2) is 12.6 Å². The molecule has 1 aliphatic rings. The molecule has 33 heavy (non-hydrogen) atoms. The fourth-order valence-corrected chi connectivity index (χ4v) is 5.15. The van der Waals surface area contributed by atoms with Gasteiger partial charge in [0, 0.05) is 5.56 Å². The standard InChI is InChI=1S/C29H50O4/c1-9-28(5,6)24(19-27(2,3)4)21-15-17-22(18-16-21)26(31)32-20-25(30)33-29(7,8)23-13-11-10-12-14-23/h15-18,23-26,30-31H,9-14,19-20H2,1-8H3. The van der Waals surface area contributed by atoms with Crippen LogP contribution in [-0.2, 0) is 9.47 Å². The summed E-state index contributed by atoms with van der Waals surface area (Å²) in [5.41, 5.74) is 2.02. The second-order valence-corrected chi connectivity index (χ2v) is 12.5. The second-order valence-electron chi connectivity index (χ2n) is 12.5. The van der Waals surface area contributed by atoms with Gasteiger partial charge in [-0.1, -0.05) is 91.5 Å². The number of aliphatic hydroxyl groups excluding tert-OH is 2. The molecule has 0 aromatic heterocycles. The molecule has 3 unspecified atom stereocenters. The summed E-state index contributed by atoms with van der Waals surface area (Å²) in [5.74, 6) is 0.888. The number of ether oxygens (including phenoxy) is 2. The molecule has 0 saturated heterocycles. The van der Waals surface area contributed by atoms with Crippen LogP contribution in [0.5, 0.6) is 0 Å². The van der Waals surface area contributed by atoms with Crippen LogP contribution in [0, 0.1) is 16.7 Å². The number of benzene rings is 1. The van der Waals surface area contributed by atoms with Gasteiger partial charge in [-0.3, -0.25) is 0 Å². The lowest BCUT2D eigenvalue weighted by molar-refractivity contribution is -0.237. The number of aliphatic hydroxyl groups is 2. The third-order valence-electron chi connectivity index (χ3n) is 7.72. The molecule has 4 nitrogen and oxygen atoms in total. The van der Waals surface area contributed by atoms with E-state index in [1.165, 1.54) is 24.8 Å². The quantitative estimate of drug-likeness (QED) is 0.338. The van der Waals surface area contributed by atoms with Crippen LogP contribution in [0.4, 0.5) is 0 Å². The average molecular weight is 463 g/mol. The van der Waals surface area contributed by atoms with Crippen LogP contribution in [0.2, 0.25) is 0 Å². The molecule has 0 amide bonds. The van der Waals surface area contributed by atoms with Gasteiger partial charge in [-0.15, -0.1) is 0 Å². The largest absolute Gasteiger partial charge is 0.366 e. The Morgan fingerprint density at radius 2 is 1.42 bits per heavy atom. The Morgan fingerprint density at radius 1 is 0.879 bits per heavy atom. The zero-order chi connectivity index (χ0) is 24.9. The van der Waals surface area contributed by atoms with Crippen LogP contribution in [0.25, 0.3) is 0 Å². The first-order valence-electron chi connectivity index (χ1n) is 13.0. The molecule has 1 aromatic rings. The first-order valence-corrected chi connectivity index (χ1v) is 13.0. The fraction of sp³-hybridized carbons (Fsp3) is 0.793. The van der Waals surface area contributed by atoms with Crippen molar-refractivity contribution < 1.29 is 19.7 Å². The van der Waals surface area contributed by atoms with E-state index in [0.29, 0.717) is 17.4 Å². The third kappa shape index (κ3) is 8.65. The van der Waals surface area contributed by atoms with E-state index in [2.05, 4.69) is 53.7 Å². The lowest BCUT2D eigenvalue weighted by Gasteiger charge is -2.38. The van der Waals surface area contributed by atoms with Crippen LogP contribution < -0.4 is 0 Å². The molecule has 1 saturated carbocycles. The van der Waals surface area contributed by atoms with E-state index in [4.69, 9.17) is 9.47 Å². The first kappa shape index (κ1) is 28.3. The maximum absolute atomic E-state index is 10.5. The van der Waals surface area contributed by atoms with Gasteiger partial charge in [0.05, 0.1) is 5.60 Å². The Kier molecular flexibility index (Phi) is 10.00. The summed E-state index contributed by atoms with van der Waals surface area (Å²) < 4.78 is 11.5. The van der Waals surface area contributed by atoms with E-state index in [-0.39, 0.29) is 17.4 Å². The molecule has 190 valence electrons. The topological polar surface area (TPSA) is 58.9 Å². The summed E-state index contributed by atoms with van der Waals surface area (Å²) in [6.07, 6.45) is 6.09. The highest BCUT2D eigenvalue weighted by Crippen LogP contribution is 2.45. The Bertz CT molecular complexity index is 695. The number of hydrogen-bond acceptors (Lipinski definition) is 4. The van der Waals surface area contributed by atoms with Crippen molar-refractivity contribution in [3.05, 3.63) is 35.4 Å². The summed E-state index contributed by atoms with van der Waals surface area (Å²) in [6, 6.07) is 8.13. The molecule has 3 atom stereocenters. The van der Waals surface area contributed by atoms with Crippen molar-refractivity contribution >= 4 is 0 Å². The van der Waals surface area contributed by atoms with Crippen molar-refractivity contribution in [3.63, 3.8) is 0 Å². The van der Waals surface area contributed by atoms with E-state index in [9.17, 15) is 10.2 Å². The van der Waals surface area contributed by atoms with Crippen LogP contribution in [0.1, 0.15) is 124 Å². The second kappa shape index (κ2) is 11.7. The van der Waals surface area contributed by atoms with Crippen molar-refractivity contribution in [2.45, 2.75) is 124 Å². The highest BCUT2D eigenvalue weighted by molar-refractivity contribution is 5.27. The van der Waals surface area contributed by atoms with Crippen molar-refractivity contribution in [1.82, 2.24) is 0 Å². The van der Waals surface area contributed by atoms with Gasteiger partial charge >= 0.3 is 0 Å². The fourth-order valence-electron chi connectivity index (χ4n) is 5.15. The van der Waals surface area contributed by atoms with Gasteiger partial charge in [-0.05, 0) is 61.3 Å². The molecular weight excluding hydrogens is 412 g/mol. The van der Waals surface area contributed by atoms with Crippen LogP contribution in [-0.4, -0.2) is 28.7 Å². The maximum atomic E-state index is 10.5. The van der Waals surface area contributed by atoms with Gasteiger partial charge < -0.3 is 19.7 Å². The van der Waals surface area contributed by atoms with Crippen molar-refractivity contribution in [3.8, 4) is 0 Å². The van der Waals surface area contributed by atoms with Gasteiger partial charge in [0.25, 0.3) is 0 Å². The number of rotatable bonds is 11. The molecule has 1 aliphatic carbocycles. The Morgan fingerprint density at radius 3 is 1.94 bits per heavy atom. The molecule has 4 heteroatoms. The average Bonchev–Trinajstić information content (AvgIpc) is 2.75. The lowest BCUT2D eigenvalue weighted by Crippen LogP contribution is -2.40. The minimum Gasteiger partial charge on any atom is -0.366 e. The molecule has 0 radical (unpaired) electrons. The van der Waals surface area contributed by atoms with Crippen LogP contribution >= 0.6 is 0 Å². The van der Waals surface area contributed by atoms with E-state index in [0.717, 1.165) is 25.7 Å². The maximum Gasteiger partial charge on any atom is 0.181 e. The highest BCUT2D eigenvalue weighted by atomic mass is 16.7. The predicted molar refractivity (Wildman–Crippen MR) is 136 cm³/mol. The van der Waals surface area contributed by atoms with Crippen molar-refractivity contribution in [1.29, 1.82) is 0 Å². The molecule has 1 aromatic carbocycles. The minimum absolute atomic E-state index is 0.0609. The number of hydrogen-bond donors (Lipinski definition) is 2. The minimum atomic E-state index is -1.09. The van der Waals surface area contributed by atoms with Crippen LogP contribution in [0.15, 0.2) is 24.3 Å². The van der Waals surface area contributed by atoms with E-state index in [1.54, 1.807) is 0 Å². The molecule has 0 bridgehead atoms. The summed E-state index contributed by atoms with van der Waals surface area (Å²) in [6.45, 7) is 17.8. The zero-order valence-corrected chi connectivity index (χ0v) is 22.5. The zero-order valence-electron chi connectivity index (χ0n) is 22.5. The summed E-state index contributed by atoms with van der Waals surface area (Å²) in [7, 11) is 0. The Labute approximate surface area is 203 Å². The molecule has 0 aliphatic heterocycles. The molecule has 0 spiro atoms. The molecule has 1 fully saturated rings. The smallest absolute Gasteiger partial charge is 0.181 e. The van der Waals surface area contributed by atoms with E-state index in [1.807, 2.05) is 26.0 Å². The van der Waals surface area contributed by atoms with Crippen molar-refractivity contribution in [2.75, 3.05) is 6.61 Å². The normalized spacial score (nSPS) is 19.3. The van der Waals surface area contributed by atoms with E-state index < -0.39 is 18.2 Å². The molecule has 2 rings (SSSR count). The summed E-state index contributed by atoms with van der Waals surface area (Å²) in [5, 5.41) is 20.9. The van der Waals surface area contributed by atoms with E-state index >= 15 is 0 Å². The monoisotopic (exact) mass is 462 g/mol. The van der Waals surface area contributed by atoms with Gasteiger partial charge in [-0.2, -0.15) is 0 Å². The SMILES string of the molecule is CCC(C)(C)C(CC(C)(C)C)c1ccc(C(O)OCC(O)OC(C)(C)C2CCCCC2)cc1. The van der Waals surface area contributed by atoms with Gasteiger partial charge in [0.1, 0.15) is 6.61 Å². The predicted octanol–water partition coefficient (Wildman–Crippen LogP) is 7.34. The third-order valence-corrected chi connectivity index (χ3v) is 7.72. The summed E-state index contributed by atoms with van der Waals surface area (Å²) >= 11 is 0. The van der Waals surface area contributed by atoms with Gasteiger partial charge in [0.2, 0.25) is 0 Å². The first-order chi connectivity index (χ1) is 15.2. The summed E-state index contributed by atoms with van der Waals surface area (Å²) in [4.78, 5) is 0. The molecule has 2 N–H and O–H groups in total. The Balaban J connectivity index is 1.96. The van der Waals surface area contributed by atoms with Crippen molar-refractivity contribution in [2.24, 2.45) is 16.7 Å². The molecular formula is C29H50O4. The van der Waals surface area contributed by atoms with Crippen LogP contribution in [0.3, 0.4) is 0 Å². The lowest BCUT2D eigenvalue weighted by atomic mass is 9.67. The molecule has 0 heterocycles. The Hall–Kier alpha value is -0.940. The highest BCUT2D eigenvalue weighted by Gasteiger charge is 2.34.